The SMILES string of the molecule is CCOC(=O)N1CCN(c2ccnc3c2C=C(c2cnn(CC(C)C#N)c2)C3)CC1. The van der Waals surface area contributed by atoms with Crippen LogP contribution in [-0.4, -0.2) is 58.5 Å². The number of rotatable bonds is 5. The number of allylic oxidation sites excluding steroid dienone is 1. The molecule has 0 saturated carbocycles. The average molecular weight is 406 g/mol. The molecule has 2 aromatic heterocycles. The second kappa shape index (κ2) is 8.57. The number of aromatic nitrogens is 3. The minimum absolute atomic E-state index is 0.0750. The van der Waals surface area contributed by atoms with Crippen LogP contribution < -0.4 is 4.90 Å². The van der Waals surface area contributed by atoms with E-state index in [1.165, 1.54) is 5.57 Å². The Labute approximate surface area is 176 Å². The van der Waals surface area contributed by atoms with Gasteiger partial charge in [-0.05, 0) is 31.6 Å². The van der Waals surface area contributed by atoms with Gasteiger partial charge in [-0.1, -0.05) is 0 Å². The lowest BCUT2D eigenvalue weighted by molar-refractivity contribution is 0.105. The lowest BCUT2D eigenvalue weighted by Gasteiger charge is -2.36. The molecule has 1 saturated heterocycles. The number of nitriles is 1. The highest BCUT2D eigenvalue weighted by Gasteiger charge is 2.26. The molecular formula is C22H26N6O2. The van der Waals surface area contributed by atoms with Crippen molar-refractivity contribution in [1.82, 2.24) is 19.7 Å². The Morgan fingerprint density at radius 3 is 2.87 bits per heavy atom. The summed E-state index contributed by atoms with van der Waals surface area (Å²) in [7, 11) is 0. The van der Waals surface area contributed by atoms with E-state index < -0.39 is 0 Å². The number of nitrogens with zero attached hydrogens (tertiary/aromatic N) is 6. The predicted octanol–water partition coefficient (Wildman–Crippen LogP) is 2.81. The van der Waals surface area contributed by atoms with Gasteiger partial charge in [0.15, 0.2) is 0 Å². The number of amides is 1. The lowest BCUT2D eigenvalue weighted by Crippen LogP contribution is -2.49. The summed E-state index contributed by atoms with van der Waals surface area (Å²) in [5, 5.41) is 13.4. The Kier molecular flexibility index (Phi) is 5.70. The summed E-state index contributed by atoms with van der Waals surface area (Å²) in [6, 6.07) is 4.30. The zero-order valence-electron chi connectivity index (χ0n) is 17.4. The van der Waals surface area contributed by atoms with Crippen LogP contribution >= 0.6 is 0 Å². The highest BCUT2D eigenvalue weighted by Crippen LogP contribution is 2.36. The first kappa shape index (κ1) is 20.0. The molecule has 1 aliphatic carbocycles. The predicted molar refractivity (Wildman–Crippen MR) is 114 cm³/mol. The van der Waals surface area contributed by atoms with Crippen molar-refractivity contribution < 1.29 is 9.53 Å². The quantitative estimate of drug-likeness (QED) is 0.759. The molecule has 1 unspecified atom stereocenters. The second-order valence-electron chi connectivity index (χ2n) is 7.69. The van der Waals surface area contributed by atoms with Crippen LogP contribution in [0.25, 0.3) is 11.6 Å². The largest absolute Gasteiger partial charge is 0.450 e. The second-order valence-corrected chi connectivity index (χ2v) is 7.69. The summed E-state index contributed by atoms with van der Waals surface area (Å²) < 4.78 is 6.95. The maximum atomic E-state index is 12.0. The number of carbonyl (C=O) groups excluding carboxylic acids is 1. The van der Waals surface area contributed by atoms with E-state index in [4.69, 9.17) is 10.00 Å². The fourth-order valence-corrected chi connectivity index (χ4v) is 3.97. The third-order valence-electron chi connectivity index (χ3n) is 5.56. The standard InChI is InChI=1S/C22H26N6O2/c1-3-30-22(29)27-8-6-26(7-9-27)21-4-5-24-20-11-17(10-19(20)21)18-13-25-28(15-18)14-16(2)12-23/h4-5,10,13,15-16H,3,6-9,11,14H2,1-2H3. The Bertz CT molecular complexity index is 997. The maximum absolute atomic E-state index is 12.0. The van der Waals surface area contributed by atoms with Gasteiger partial charge in [-0.2, -0.15) is 10.4 Å². The Morgan fingerprint density at radius 2 is 2.13 bits per heavy atom. The number of hydrogen-bond donors (Lipinski definition) is 0. The van der Waals surface area contributed by atoms with E-state index in [1.54, 1.807) is 4.90 Å². The van der Waals surface area contributed by atoms with E-state index in [1.807, 2.05) is 37.1 Å². The number of carbonyl (C=O) groups is 1. The molecule has 0 N–H and O–H groups in total. The van der Waals surface area contributed by atoms with Gasteiger partial charge in [-0.25, -0.2) is 4.79 Å². The lowest BCUT2D eigenvalue weighted by atomic mass is 10.1. The topological polar surface area (TPSA) is 87.3 Å². The van der Waals surface area contributed by atoms with Crippen molar-refractivity contribution in [3.05, 3.63) is 41.5 Å². The van der Waals surface area contributed by atoms with Gasteiger partial charge in [0.2, 0.25) is 0 Å². The van der Waals surface area contributed by atoms with Crippen LogP contribution in [0, 0.1) is 17.2 Å². The normalized spacial score (nSPS) is 16.6. The Balaban J connectivity index is 1.49. The van der Waals surface area contributed by atoms with Crippen LogP contribution in [0.15, 0.2) is 24.7 Å². The molecule has 1 aliphatic heterocycles. The Morgan fingerprint density at radius 1 is 1.33 bits per heavy atom. The van der Waals surface area contributed by atoms with Gasteiger partial charge in [-0.3, -0.25) is 9.67 Å². The average Bonchev–Trinajstić information content (AvgIpc) is 3.40. The number of hydrogen-bond acceptors (Lipinski definition) is 6. The van der Waals surface area contributed by atoms with E-state index in [9.17, 15) is 4.79 Å². The summed E-state index contributed by atoms with van der Waals surface area (Å²) in [6.45, 7) is 7.54. The highest BCUT2D eigenvalue weighted by atomic mass is 16.6. The molecule has 156 valence electrons. The molecule has 0 radical (unpaired) electrons. The van der Waals surface area contributed by atoms with Crippen molar-refractivity contribution in [3.63, 3.8) is 0 Å². The zero-order valence-corrected chi connectivity index (χ0v) is 17.4. The highest BCUT2D eigenvalue weighted by molar-refractivity contribution is 5.91. The molecule has 0 spiro atoms. The summed E-state index contributed by atoms with van der Waals surface area (Å²) in [6.07, 6.45) is 8.46. The van der Waals surface area contributed by atoms with E-state index in [0.717, 1.165) is 42.0 Å². The van der Waals surface area contributed by atoms with Crippen LogP contribution in [0.3, 0.4) is 0 Å². The van der Waals surface area contributed by atoms with Crippen LogP contribution in [0.2, 0.25) is 0 Å². The molecule has 8 nitrogen and oxygen atoms in total. The van der Waals surface area contributed by atoms with E-state index in [0.29, 0.717) is 26.2 Å². The summed E-state index contributed by atoms with van der Waals surface area (Å²) in [5.74, 6) is -0.0750. The number of piperazine rings is 1. The van der Waals surface area contributed by atoms with E-state index in [-0.39, 0.29) is 12.0 Å². The maximum Gasteiger partial charge on any atom is 0.409 e. The molecule has 1 amide bonds. The van der Waals surface area contributed by atoms with Crippen molar-refractivity contribution in [2.24, 2.45) is 5.92 Å². The van der Waals surface area contributed by atoms with Crippen LogP contribution in [0.4, 0.5) is 10.5 Å². The fraction of sp³-hybridized carbons (Fsp3) is 0.455. The van der Waals surface area contributed by atoms with Gasteiger partial charge >= 0.3 is 6.09 Å². The molecule has 30 heavy (non-hydrogen) atoms. The van der Waals surface area contributed by atoms with Crippen LogP contribution in [0.5, 0.6) is 0 Å². The number of pyridine rings is 1. The van der Waals surface area contributed by atoms with Crippen molar-refractivity contribution >= 4 is 23.4 Å². The van der Waals surface area contributed by atoms with E-state index in [2.05, 4.69) is 33.2 Å². The van der Waals surface area contributed by atoms with Crippen molar-refractivity contribution in [3.8, 4) is 6.07 Å². The Hall–Kier alpha value is -3.34. The molecule has 2 aliphatic rings. The number of anilines is 1. The molecule has 0 aromatic carbocycles. The molecule has 1 fully saturated rings. The molecular weight excluding hydrogens is 380 g/mol. The molecule has 1 atom stereocenters. The van der Waals surface area contributed by atoms with Gasteiger partial charge in [0.25, 0.3) is 0 Å². The van der Waals surface area contributed by atoms with E-state index >= 15 is 0 Å². The molecule has 8 heteroatoms. The third kappa shape index (κ3) is 4.01. The first-order valence-corrected chi connectivity index (χ1v) is 10.4. The first-order chi connectivity index (χ1) is 14.6. The molecule has 4 rings (SSSR count). The van der Waals surface area contributed by atoms with Crippen LogP contribution in [-0.2, 0) is 17.7 Å². The summed E-state index contributed by atoms with van der Waals surface area (Å²) >= 11 is 0. The van der Waals surface area contributed by atoms with Gasteiger partial charge in [0.1, 0.15) is 0 Å². The smallest absolute Gasteiger partial charge is 0.409 e. The van der Waals surface area contributed by atoms with Crippen LogP contribution in [0.1, 0.15) is 30.7 Å². The van der Waals surface area contributed by atoms with Gasteiger partial charge in [-0.15, -0.1) is 0 Å². The first-order valence-electron chi connectivity index (χ1n) is 10.4. The molecule has 0 bridgehead atoms. The van der Waals surface area contributed by atoms with Crippen molar-refractivity contribution in [2.75, 3.05) is 37.7 Å². The van der Waals surface area contributed by atoms with Gasteiger partial charge < -0.3 is 14.5 Å². The number of ether oxygens (including phenoxy) is 1. The summed E-state index contributed by atoms with van der Waals surface area (Å²) in [4.78, 5) is 20.6. The van der Waals surface area contributed by atoms with Gasteiger partial charge in [0.05, 0.1) is 37.0 Å². The fourth-order valence-electron chi connectivity index (χ4n) is 3.97. The minimum Gasteiger partial charge on any atom is -0.450 e. The number of fused-ring (bicyclic) bond motifs is 1. The third-order valence-corrected chi connectivity index (χ3v) is 5.56. The minimum atomic E-state index is -0.234. The molecule has 3 heterocycles. The van der Waals surface area contributed by atoms with Crippen molar-refractivity contribution in [1.29, 1.82) is 5.26 Å². The molecule has 2 aromatic rings. The monoisotopic (exact) mass is 406 g/mol. The zero-order chi connectivity index (χ0) is 21.1. The van der Waals surface area contributed by atoms with Gasteiger partial charge in [0, 0.05) is 61.8 Å². The van der Waals surface area contributed by atoms with Crippen molar-refractivity contribution in [2.45, 2.75) is 26.8 Å². The summed E-state index contributed by atoms with van der Waals surface area (Å²) in [5.41, 5.74) is 5.62.